The lowest BCUT2D eigenvalue weighted by Crippen LogP contribution is -2.35. The van der Waals surface area contributed by atoms with Crippen LogP contribution >= 0.6 is 0 Å². The van der Waals surface area contributed by atoms with Crippen LogP contribution in [0.5, 0.6) is 0 Å². The second-order valence-electron chi connectivity index (χ2n) is 1.34. The first-order valence-electron chi connectivity index (χ1n) is 1.93. The van der Waals surface area contributed by atoms with Crippen molar-refractivity contribution in [2.24, 2.45) is 0 Å². The molecule has 0 saturated carbocycles. The van der Waals surface area contributed by atoms with Gasteiger partial charge in [0.05, 0.1) is 0 Å². The monoisotopic (exact) mass is 152 g/mol. The predicted octanol–water partition coefficient (Wildman–Crippen LogP) is 1.66. The van der Waals surface area contributed by atoms with Crippen molar-refractivity contribution < 1.29 is 17.6 Å². The van der Waals surface area contributed by atoms with Crippen molar-refractivity contribution in [3.05, 3.63) is 11.4 Å². The lowest BCUT2D eigenvalue weighted by atomic mass is 10.3. The maximum absolute atomic E-state index is 11.9. The molecule has 0 aromatic rings. The third-order valence-corrected chi connectivity index (χ3v) is 0.678. The van der Waals surface area contributed by atoms with Gasteiger partial charge in [-0.2, -0.15) is 18.4 Å². The topological polar surface area (TPSA) is 28.1 Å². The molecule has 6 heteroatoms. The zero-order chi connectivity index (χ0) is 8.41. The SMILES string of the molecule is [C-]#[N+][C@](F)(C#N)C(F)(F)F. The van der Waals surface area contributed by atoms with Gasteiger partial charge in [-0.15, -0.1) is 4.39 Å². The summed E-state index contributed by atoms with van der Waals surface area (Å²) < 4.78 is 45.8. The summed E-state index contributed by atoms with van der Waals surface area (Å²) in [6.07, 6.45) is -5.43. The first-order valence-corrected chi connectivity index (χ1v) is 1.93. The van der Waals surface area contributed by atoms with Gasteiger partial charge < -0.3 is 0 Å². The molecule has 0 bridgehead atoms. The first-order chi connectivity index (χ1) is 4.37. The van der Waals surface area contributed by atoms with E-state index in [1.807, 2.05) is 0 Å². The fourth-order valence-electron chi connectivity index (χ4n) is 0.152. The number of nitrogens with zero attached hydrogens (tertiary/aromatic N) is 2. The molecule has 54 valence electrons. The highest BCUT2D eigenvalue weighted by atomic mass is 19.4. The van der Waals surface area contributed by atoms with Crippen LogP contribution in [0.4, 0.5) is 17.6 Å². The minimum atomic E-state index is -5.43. The smallest absolute Gasteiger partial charge is 0.252 e. The molecular formula is C4F4N2. The minimum absolute atomic E-state index is 0.222. The van der Waals surface area contributed by atoms with Crippen molar-refractivity contribution in [2.45, 2.75) is 12.0 Å². The fourth-order valence-corrected chi connectivity index (χ4v) is 0.152. The van der Waals surface area contributed by atoms with Gasteiger partial charge in [0.15, 0.2) is 0 Å². The summed E-state index contributed by atoms with van der Waals surface area (Å²) in [5.41, 5.74) is 0. The van der Waals surface area contributed by atoms with Crippen LogP contribution in [-0.4, -0.2) is 12.0 Å². The molecule has 0 heterocycles. The Balaban J connectivity index is 4.77. The van der Waals surface area contributed by atoms with Crippen molar-refractivity contribution in [1.82, 2.24) is 0 Å². The molecule has 0 amide bonds. The van der Waals surface area contributed by atoms with Gasteiger partial charge in [0.2, 0.25) is 6.07 Å². The number of rotatable bonds is 0. The number of hydrogen-bond acceptors (Lipinski definition) is 1. The van der Waals surface area contributed by atoms with Gasteiger partial charge in [0.25, 0.3) is 0 Å². The Labute approximate surface area is 53.5 Å². The van der Waals surface area contributed by atoms with Gasteiger partial charge in [-0.1, -0.05) is 0 Å². The first kappa shape index (κ1) is 8.70. The molecule has 0 aliphatic carbocycles. The van der Waals surface area contributed by atoms with E-state index in [0.29, 0.717) is 0 Å². The van der Waals surface area contributed by atoms with Gasteiger partial charge in [0, 0.05) is 0 Å². The summed E-state index contributed by atoms with van der Waals surface area (Å²) in [5, 5.41) is 7.56. The summed E-state index contributed by atoms with van der Waals surface area (Å²) >= 11 is 0. The molecule has 0 rings (SSSR count). The normalized spacial score (nSPS) is 16.6. The molecule has 0 aromatic carbocycles. The van der Waals surface area contributed by atoms with Crippen molar-refractivity contribution in [1.29, 1.82) is 5.26 Å². The summed E-state index contributed by atoms with van der Waals surface area (Å²) in [5.74, 6) is -4.38. The second kappa shape index (κ2) is 2.14. The van der Waals surface area contributed by atoms with Crippen LogP contribution in [0.1, 0.15) is 0 Å². The molecule has 0 spiro atoms. The van der Waals surface area contributed by atoms with E-state index in [0.717, 1.165) is 0 Å². The van der Waals surface area contributed by atoms with Crippen molar-refractivity contribution in [2.75, 3.05) is 0 Å². The van der Waals surface area contributed by atoms with E-state index in [1.165, 1.54) is 4.85 Å². The van der Waals surface area contributed by atoms with Crippen molar-refractivity contribution in [3.8, 4) is 6.07 Å². The van der Waals surface area contributed by atoms with E-state index < -0.39 is 12.0 Å². The average Bonchev–Trinajstić information content (AvgIpc) is 1.84. The highest BCUT2D eigenvalue weighted by Gasteiger charge is 2.65. The summed E-state index contributed by atoms with van der Waals surface area (Å²) in [6, 6.07) is 0.222. The average molecular weight is 152 g/mol. The molecule has 0 fully saturated rings. The van der Waals surface area contributed by atoms with Gasteiger partial charge in [0.1, 0.15) is 0 Å². The highest BCUT2D eigenvalue weighted by molar-refractivity contribution is 5.12. The van der Waals surface area contributed by atoms with Gasteiger partial charge >= 0.3 is 12.0 Å². The molecule has 10 heavy (non-hydrogen) atoms. The summed E-state index contributed by atoms with van der Waals surface area (Å²) in [4.78, 5) is 1.51. The van der Waals surface area contributed by atoms with Crippen molar-refractivity contribution in [3.63, 3.8) is 0 Å². The molecular weight excluding hydrogens is 152 g/mol. The van der Waals surface area contributed by atoms with E-state index in [-0.39, 0.29) is 6.07 Å². The van der Waals surface area contributed by atoms with E-state index in [1.54, 1.807) is 0 Å². The van der Waals surface area contributed by atoms with Crippen LogP contribution in [0.2, 0.25) is 0 Å². The quantitative estimate of drug-likeness (QED) is 0.294. The van der Waals surface area contributed by atoms with Crippen LogP contribution < -0.4 is 0 Å². The molecule has 0 aliphatic heterocycles. The molecule has 0 radical (unpaired) electrons. The van der Waals surface area contributed by atoms with E-state index in [2.05, 4.69) is 0 Å². The Kier molecular flexibility index (Phi) is 1.86. The number of nitriles is 1. The minimum Gasteiger partial charge on any atom is -0.252 e. The van der Waals surface area contributed by atoms with E-state index in [9.17, 15) is 17.6 Å². The molecule has 0 N–H and O–H groups in total. The van der Waals surface area contributed by atoms with E-state index in [4.69, 9.17) is 11.8 Å². The maximum Gasteiger partial charge on any atom is 0.556 e. The third kappa shape index (κ3) is 1.16. The highest BCUT2D eigenvalue weighted by Crippen LogP contribution is 2.34. The van der Waals surface area contributed by atoms with E-state index >= 15 is 0 Å². The molecule has 1 atom stereocenters. The number of alkyl halides is 4. The van der Waals surface area contributed by atoms with Crippen LogP contribution in [0, 0.1) is 17.9 Å². The number of hydrogen-bond donors (Lipinski definition) is 0. The molecule has 0 aliphatic rings. The van der Waals surface area contributed by atoms with Crippen molar-refractivity contribution >= 4 is 0 Å². The van der Waals surface area contributed by atoms with Gasteiger partial charge in [-0.05, 0) is 0 Å². The summed E-state index contributed by atoms with van der Waals surface area (Å²) in [6.45, 7) is 5.72. The lowest BCUT2D eigenvalue weighted by molar-refractivity contribution is -0.192. The Bertz CT molecular complexity index is 191. The molecule has 2 nitrogen and oxygen atoms in total. The predicted molar refractivity (Wildman–Crippen MR) is 22.1 cm³/mol. The Morgan fingerprint density at radius 1 is 1.30 bits per heavy atom. The summed E-state index contributed by atoms with van der Waals surface area (Å²) in [7, 11) is 0. The second-order valence-corrected chi connectivity index (χ2v) is 1.34. The number of halogens is 4. The molecule has 0 saturated heterocycles. The fraction of sp³-hybridized carbons (Fsp3) is 0.500. The van der Waals surface area contributed by atoms with Crippen LogP contribution in [0.15, 0.2) is 0 Å². The third-order valence-electron chi connectivity index (χ3n) is 0.678. The Morgan fingerprint density at radius 2 is 1.70 bits per heavy atom. The Hall–Kier alpha value is -1.30. The zero-order valence-electron chi connectivity index (χ0n) is 4.41. The van der Waals surface area contributed by atoms with Crippen LogP contribution in [0.25, 0.3) is 4.85 Å². The Morgan fingerprint density at radius 3 is 1.70 bits per heavy atom. The molecule has 0 aromatic heterocycles. The van der Waals surface area contributed by atoms with Gasteiger partial charge in [-0.3, -0.25) is 4.85 Å². The largest absolute Gasteiger partial charge is 0.556 e. The lowest BCUT2D eigenvalue weighted by Gasteiger charge is -2.06. The van der Waals surface area contributed by atoms with Crippen LogP contribution in [-0.2, 0) is 0 Å². The zero-order valence-corrected chi connectivity index (χ0v) is 4.41. The standard InChI is InChI=1S/C4F4N2/c1-10-3(5,2-9)4(6,7)8/t3-/m1/s1. The molecule has 0 unspecified atom stereocenters. The maximum atomic E-state index is 11.9. The van der Waals surface area contributed by atoms with Gasteiger partial charge in [-0.25, -0.2) is 6.57 Å². The van der Waals surface area contributed by atoms with Crippen LogP contribution in [0.3, 0.4) is 0 Å².